The second-order valence-corrected chi connectivity index (χ2v) is 6.86. The first-order valence-corrected chi connectivity index (χ1v) is 9.33. The fraction of sp³-hybridized carbons (Fsp3) is 0.250. The molecule has 5 N–H and O–H groups in total. The molecule has 0 unspecified atom stereocenters. The SMILES string of the molecule is NC1=NC(=O)C2=C(CCc3ccc(C(=O)N[C@@H](CCC(=O)O)C(=O)O)cc3)C=NC2=N1. The van der Waals surface area contributed by atoms with E-state index < -0.39 is 29.8 Å². The molecule has 2 amide bonds. The van der Waals surface area contributed by atoms with Crippen molar-refractivity contribution in [3.63, 3.8) is 0 Å². The van der Waals surface area contributed by atoms with Crippen molar-refractivity contribution in [1.29, 1.82) is 0 Å². The van der Waals surface area contributed by atoms with E-state index in [1.54, 1.807) is 30.5 Å². The van der Waals surface area contributed by atoms with Crippen LogP contribution in [0.1, 0.15) is 35.2 Å². The maximum Gasteiger partial charge on any atom is 0.326 e. The minimum Gasteiger partial charge on any atom is -0.481 e. The molecule has 11 heteroatoms. The summed E-state index contributed by atoms with van der Waals surface area (Å²) in [4.78, 5) is 57.8. The number of nitrogens with zero attached hydrogens (tertiary/aromatic N) is 3. The van der Waals surface area contributed by atoms with Crippen LogP contribution in [0.4, 0.5) is 0 Å². The van der Waals surface area contributed by atoms with Crippen LogP contribution in [0.5, 0.6) is 0 Å². The van der Waals surface area contributed by atoms with Crippen molar-refractivity contribution in [2.75, 3.05) is 0 Å². The number of carbonyl (C=O) groups excluding carboxylic acids is 2. The van der Waals surface area contributed by atoms with E-state index in [0.717, 1.165) is 5.56 Å². The highest BCUT2D eigenvalue weighted by Crippen LogP contribution is 2.22. The maximum atomic E-state index is 12.3. The number of carboxylic acid groups (broad SMARTS) is 2. The lowest BCUT2D eigenvalue weighted by Crippen LogP contribution is -2.41. The number of hydrogen-bond donors (Lipinski definition) is 4. The van der Waals surface area contributed by atoms with Gasteiger partial charge in [-0.1, -0.05) is 12.1 Å². The summed E-state index contributed by atoms with van der Waals surface area (Å²) in [5.74, 6) is -3.39. The molecule has 1 aromatic rings. The topological polar surface area (TPSA) is 184 Å². The summed E-state index contributed by atoms with van der Waals surface area (Å²) in [6.45, 7) is 0. The van der Waals surface area contributed by atoms with Gasteiger partial charge >= 0.3 is 11.9 Å². The molecule has 0 bridgehead atoms. The molecule has 3 rings (SSSR count). The van der Waals surface area contributed by atoms with Crippen LogP contribution < -0.4 is 11.1 Å². The van der Waals surface area contributed by atoms with E-state index in [4.69, 9.17) is 15.9 Å². The third-order valence-corrected chi connectivity index (χ3v) is 4.69. The predicted octanol–water partition coefficient (Wildman–Crippen LogP) is 0.301. The normalized spacial score (nSPS) is 15.8. The maximum absolute atomic E-state index is 12.3. The number of aliphatic imine (C=N–C) groups is 3. The van der Waals surface area contributed by atoms with Gasteiger partial charge in [0.05, 0.1) is 5.57 Å². The number of carbonyl (C=O) groups is 4. The Labute approximate surface area is 176 Å². The summed E-state index contributed by atoms with van der Waals surface area (Å²) in [6, 6.07) is 5.23. The standard InChI is InChI=1S/C20H19N5O6/c21-20-24-16-15(18(29)25-20)12(9-22-16)6-3-10-1-4-11(5-2-10)17(28)23-13(19(30)31)7-8-14(26)27/h1-2,4-5,9,13H,3,6-8H2,(H,23,28)(H,26,27)(H,30,31)(H2,21,25,29)/t13-/m0/s1. The van der Waals surface area contributed by atoms with E-state index in [-0.39, 0.29) is 30.2 Å². The second-order valence-electron chi connectivity index (χ2n) is 6.86. The summed E-state index contributed by atoms with van der Waals surface area (Å²) in [6.07, 6.45) is 2.03. The Morgan fingerprint density at radius 1 is 1.06 bits per heavy atom. The summed E-state index contributed by atoms with van der Waals surface area (Å²) in [5, 5.41) is 20.2. The summed E-state index contributed by atoms with van der Waals surface area (Å²) < 4.78 is 0. The first kappa shape index (κ1) is 21.6. The molecule has 0 aromatic heterocycles. The lowest BCUT2D eigenvalue weighted by Gasteiger charge is -2.13. The Bertz CT molecular complexity index is 1070. The molecule has 0 saturated heterocycles. The smallest absolute Gasteiger partial charge is 0.326 e. The Morgan fingerprint density at radius 3 is 2.42 bits per heavy atom. The molecule has 0 radical (unpaired) electrons. The van der Waals surface area contributed by atoms with E-state index in [2.05, 4.69) is 20.3 Å². The number of amides is 2. The quantitative estimate of drug-likeness (QED) is 0.438. The zero-order valence-corrected chi connectivity index (χ0v) is 16.2. The van der Waals surface area contributed by atoms with Crippen molar-refractivity contribution < 1.29 is 29.4 Å². The van der Waals surface area contributed by atoms with Gasteiger partial charge in [0.25, 0.3) is 11.8 Å². The van der Waals surface area contributed by atoms with Crippen LogP contribution in [0.15, 0.2) is 50.4 Å². The number of amidine groups is 1. The van der Waals surface area contributed by atoms with Gasteiger partial charge in [-0.15, -0.1) is 0 Å². The molecule has 11 nitrogen and oxygen atoms in total. The average Bonchev–Trinajstić information content (AvgIpc) is 3.12. The third-order valence-electron chi connectivity index (χ3n) is 4.69. The Hall–Kier alpha value is -4.15. The largest absolute Gasteiger partial charge is 0.481 e. The van der Waals surface area contributed by atoms with Gasteiger partial charge < -0.3 is 21.3 Å². The number of nitrogens with two attached hydrogens (primary N) is 1. The number of nitrogens with one attached hydrogen (secondary N) is 1. The third kappa shape index (κ3) is 5.26. The number of aryl methyl sites for hydroxylation is 1. The lowest BCUT2D eigenvalue weighted by atomic mass is 10.00. The van der Waals surface area contributed by atoms with E-state index in [1.165, 1.54) is 0 Å². The van der Waals surface area contributed by atoms with Gasteiger partial charge in [-0.05, 0) is 42.5 Å². The molecular weight excluding hydrogens is 406 g/mol. The van der Waals surface area contributed by atoms with E-state index >= 15 is 0 Å². The second kappa shape index (κ2) is 9.11. The number of hydrogen-bond acceptors (Lipinski definition) is 7. The zero-order valence-electron chi connectivity index (χ0n) is 16.2. The van der Waals surface area contributed by atoms with Crippen molar-refractivity contribution >= 4 is 41.8 Å². The van der Waals surface area contributed by atoms with Gasteiger partial charge in [0.2, 0.25) is 5.96 Å². The molecule has 2 heterocycles. The van der Waals surface area contributed by atoms with Crippen molar-refractivity contribution in [3.8, 4) is 0 Å². The van der Waals surface area contributed by atoms with Crippen molar-refractivity contribution in [2.45, 2.75) is 31.7 Å². The van der Waals surface area contributed by atoms with Gasteiger partial charge in [0, 0.05) is 18.2 Å². The van der Waals surface area contributed by atoms with Gasteiger partial charge in [-0.2, -0.15) is 9.98 Å². The molecule has 1 atom stereocenters. The molecule has 0 spiro atoms. The summed E-state index contributed by atoms with van der Waals surface area (Å²) in [5.41, 5.74) is 7.63. The fourth-order valence-electron chi connectivity index (χ4n) is 3.08. The highest BCUT2D eigenvalue weighted by atomic mass is 16.4. The van der Waals surface area contributed by atoms with Crippen LogP contribution in [0.25, 0.3) is 0 Å². The number of allylic oxidation sites excluding steroid dienone is 1. The van der Waals surface area contributed by atoms with Gasteiger partial charge in [0.15, 0.2) is 5.84 Å². The number of benzene rings is 1. The number of carboxylic acids is 2. The molecule has 0 saturated carbocycles. The molecule has 31 heavy (non-hydrogen) atoms. The van der Waals surface area contributed by atoms with E-state index in [0.29, 0.717) is 24.0 Å². The van der Waals surface area contributed by atoms with Gasteiger partial charge in [-0.25, -0.2) is 9.79 Å². The van der Waals surface area contributed by atoms with Gasteiger partial charge in [-0.3, -0.25) is 14.4 Å². The molecular formula is C20H19N5O6. The van der Waals surface area contributed by atoms with Crippen molar-refractivity contribution in [1.82, 2.24) is 5.32 Å². The minimum atomic E-state index is -1.30. The van der Waals surface area contributed by atoms with Crippen LogP contribution in [-0.4, -0.2) is 58.0 Å². The van der Waals surface area contributed by atoms with Crippen LogP contribution in [0.2, 0.25) is 0 Å². The van der Waals surface area contributed by atoms with Crippen LogP contribution in [0.3, 0.4) is 0 Å². The predicted molar refractivity (Wildman–Crippen MR) is 110 cm³/mol. The first-order chi connectivity index (χ1) is 14.7. The van der Waals surface area contributed by atoms with E-state index in [1.807, 2.05) is 0 Å². The van der Waals surface area contributed by atoms with E-state index in [9.17, 15) is 19.2 Å². The highest BCUT2D eigenvalue weighted by molar-refractivity contribution is 6.34. The Balaban J connectivity index is 1.60. The van der Waals surface area contributed by atoms with Gasteiger partial charge in [0.1, 0.15) is 6.04 Å². The average molecular weight is 425 g/mol. The number of guanidine groups is 1. The number of aliphatic carboxylic acids is 2. The van der Waals surface area contributed by atoms with Crippen LogP contribution >= 0.6 is 0 Å². The monoisotopic (exact) mass is 425 g/mol. The van der Waals surface area contributed by atoms with Crippen molar-refractivity contribution in [3.05, 3.63) is 46.5 Å². The Kier molecular flexibility index (Phi) is 6.34. The Morgan fingerprint density at radius 2 is 1.77 bits per heavy atom. The zero-order chi connectivity index (χ0) is 22.5. The molecule has 0 fully saturated rings. The number of rotatable bonds is 9. The van der Waals surface area contributed by atoms with Crippen LogP contribution in [-0.2, 0) is 20.8 Å². The molecule has 2 aliphatic rings. The van der Waals surface area contributed by atoms with Crippen molar-refractivity contribution in [2.24, 2.45) is 20.7 Å². The first-order valence-electron chi connectivity index (χ1n) is 9.33. The fourth-order valence-corrected chi connectivity index (χ4v) is 3.08. The summed E-state index contributed by atoms with van der Waals surface area (Å²) >= 11 is 0. The lowest BCUT2D eigenvalue weighted by molar-refractivity contribution is -0.140. The molecule has 2 aliphatic heterocycles. The summed E-state index contributed by atoms with van der Waals surface area (Å²) in [7, 11) is 0. The minimum absolute atomic E-state index is 0.121. The highest BCUT2D eigenvalue weighted by Gasteiger charge is 2.27. The molecule has 0 aliphatic carbocycles. The van der Waals surface area contributed by atoms with Crippen LogP contribution in [0, 0.1) is 0 Å². The molecule has 1 aromatic carbocycles. The number of fused-ring (bicyclic) bond motifs is 1. The molecule has 160 valence electrons.